The summed E-state index contributed by atoms with van der Waals surface area (Å²) in [6.07, 6.45) is 9.15. The molecule has 1 atom stereocenters. The van der Waals surface area contributed by atoms with Gasteiger partial charge in [0.1, 0.15) is 0 Å². The van der Waals surface area contributed by atoms with E-state index in [9.17, 15) is 0 Å². The SMILES string of the molecule is CCc1ccc(CC(N)c2cnn3ccncc23)s1. The van der Waals surface area contributed by atoms with E-state index in [4.69, 9.17) is 5.73 Å². The number of nitrogens with zero attached hydrogens (tertiary/aromatic N) is 3. The van der Waals surface area contributed by atoms with Crippen LogP contribution in [0.25, 0.3) is 5.52 Å². The lowest BCUT2D eigenvalue weighted by atomic mass is 10.1. The largest absolute Gasteiger partial charge is 0.324 e. The van der Waals surface area contributed by atoms with Crippen molar-refractivity contribution in [1.29, 1.82) is 0 Å². The molecular formula is C14H16N4S. The number of nitrogens with two attached hydrogens (primary N) is 1. The molecule has 0 radical (unpaired) electrons. The van der Waals surface area contributed by atoms with Crippen LogP contribution in [0, 0.1) is 0 Å². The summed E-state index contributed by atoms with van der Waals surface area (Å²) in [6, 6.07) is 4.32. The second-order valence-corrected chi connectivity index (χ2v) is 5.79. The van der Waals surface area contributed by atoms with Gasteiger partial charge in [0.15, 0.2) is 0 Å². The molecular weight excluding hydrogens is 256 g/mol. The summed E-state index contributed by atoms with van der Waals surface area (Å²) < 4.78 is 1.81. The minimum atomic E-state index is -0.0370. The number of aryl methyl sites for hydroxylation is 1. The Morgan fingerprint density at radius 3 is 2.95 bits per heavy atom. The molecule has 0 aliphatic heterocycles. The fourth-order valence-corrected chi connectivity index (χ4v) is 3.20. The minimum Gasteiger partial charge on any atom is -0.324 e. The zero-order valence-electron chi connectivity index (χ0n) is 10.8. The molecule has 0 spiro atoms. The Labute approximate surface area is 115 Å². The van der Waals surface area contributed by atoms with Crippen LogP contribution >= 0.6 is 11.3 Å². The zero-order valence-corrected chi connectivity index (χ0v) is 11.6. The number of thiophene rings is 1. The van der Waals surface area contributed by atoms with Crippen molar-refractivity contribution in [2.45, 2.75) is 25.8 Å². The Hall–Kier alpha value is -1.72. The number of fused-ring (bicyclic) bond motifs is 1. The molecule has 5 heteroatoms. The highest BCUT2D eigenvalue weighted by atomic mass is 32.1. The smallest absolute Gasteiger partial charge is 0.0892 e. The van der Waals surface area contributed by atoms with Crippen molar-refractivity contribution in [2.24, 2.45) is 5.73 Å². The van der Waals surface area contributed by atoms with E-state index in [0.717, 1.165) is 23.9 Å². The molecule has 4 nitrogen and oxygen atoms in total. The fourth-order valence-electron chi connectivity index (χ4n) is 2.19. The number of rotatable bonds is 4. The first-order chi connectivity index (χ1) is 9.28. The molecule has 3 heterocycles. The van der Waals surface area contributed by atoms with E-state index in [1.165, 1.54) is 9.75 Å². The molecule has 3 aromatic heterocycles. The monoisotopic (exact) mass is 272 g/mol. The Morgan fingerprint density at radius 2 is 2.16 bits per heavy atom. The van der Waals surface area contributed by atoms with Crippen LogP contribution in [0.5, 0.6) is 0 Å². The molecule has 0 fully saturated rings. The van der Waals surface area contributed by atoms with Crippen LogP contribution < -0.4 is 5.73 Å². The molecule has 3 aromatic rings. The van der Waals surface area contributed by atoms with Crippen LogP contribution in [0.3, 0.4) is 0 Å². The van der Waals surface area contributed by atoms with Crippen molar-refractivity contribution < 1.29 is 0 Å². The van der Waals surface area contributed by atoms with E-state index in [1.807, 2.05) is 34.4 Å². The fraction of sp³-hybridized carbons (Fsp3) is 0.286. The van der Waals surface area contributed by atoms with E-state index >= 15 is 0 Å². The summed E-state index contributed by atoms with van der Waals surface area (Å²) in [5.41, 5.74) is 8.36. The number of aromatic nitrogens is 3. The molecule has 0 aliphatic rings. The van der Waals surface area contributed by atoms with E-state index in [1.54, 1.807) is 6.20 Å². The predicted octanol–water partition coefficient (Wildman–Crippen LogP) is 2.60. The standard InChI is InChI=1S/C14H16N4S/c1-2-10-3-4-11(19-10)7-13(15)12-8-17-18-6-5-16-9-14(12)18/h3-6,8-9,13H,2,7,15H2,1H3. The minimum absolute atomic E-state index is 0.0370. The highest BCUT2D eigenvalue weighted by molar-refractivity contribution is 7.11. The molecule has 2 N–H and O–H groups in total. The van der Waals surface area contributed by atoms with Gasteiger partial charge in [0.2, 0.25) is 0 Å². The molecule has 0 saturated heterocycles. The first-order valence-electron chi connectivity index (χ1n) is 6.38. The lowest BCUT2D eigenvalue weighted by molar-refractivity contribution is 0.736. The van der Waals surface area contributed by atoms with Gasteiger partial charge >= 0.3 is 0 Å². The van der Waals surface area contributed by atoms with Gasteiger partial charge in [-0.3, -0.25) is 4.98 Å². The first-order valence-corrected chi connectivity index (χ1v) is 7.20. The second kappa shape index (κ2) is 5.11. The first kappa shape index (κ1) is 12.3. The third-order valence-electron chi connectivity index (χ3n) is 3.24. The van der Waals surface area contributed by atoms with Crippen molar-refractivity contribution in [1.82, 2.24) is 14.6 Å². The maximum atomic E-state index is 6.31. The van der Waals surface area contributed by atoms with Gasteiger partial charge in [0.25, 0.3) is 0 Å². The van der Waals surface area contributed by atoms with Gasteiger partial charge in [-0.1, -0.05) is 6.92 Å². The molecule has 1 unspecified atom stereocenters. The third-order valence-corrected chi connectivity index (χ3v) is 4.49. The van der Waals surface area contributed by atoms with E-state index in [2.05, 4.69) is 29.1 Å². The average molecular weight is 272 g/mol. The number of hydrogen-bond donors (Lipinski definition) is 1. The van der Waals surface area contributed by atoms with Crippen LogP contribution in [-0.4, -0.2) is 14.6 Å². The molecule has 0 aromatic carbocycles. The van der Waals surface area contributed by atoms with E-state index < -0.39 is 0 Å². The summed E-state index contributed by atoms with van der Waals surface area (Å²) in [5, 5.41) is 4.30. The van der Waals surface area contributed by atoms with Crippen LogP contribution in [0.4, 0.5) is 0 Å². The Bertz CT molecular complexity index is 685. The maximum Gasteiger partial charge on any atom is 0.0892 e. The zero-order chi connectivity index (χ0) is 13.2. The highest BCUT2D eigenvalue weighted by Gasteiger charge is 2.14. The normalized spacial score (nSPS) is 12.9. The van der Waals surface area contributed by atoms with Gasteiger partial charge in [-0.2, -0.15) is 5.10 Å². The molecule has 3 rings (SSSR count). The van der Waals surface area contributed by atoms with Gasteiger partial charge < -0.3 is 5.73 Å². The lowest BCUT2D eigenvalue weighted by Gasteiger charge is -2.08. The van der Waals surface area contributed by atoms with E-state index in [0.29, 0.717) is 0 Å². The van der Waals surface area contributed by atoms with Crippen LogP contribution in [-0.2, 0) is 12.8 Å². The van der Waals surface area contributed by atoms with Crippen LogP contribution in [0.2, 0.25) is 0 Å². The molecule has 19 heavy (non-hydrogen) atoms. The van der Waals surface area contributed by atoms with Crippen molar-refractivity contribution in [3.8, 4) is 0 Å². The van der Waals surface area contributed by atoms with E-state index in [-0.39, 0.29) is 6.04 Å². The summed E-state index contributed by atoms with van der Waals surface area (Å²) in [4.78, 5) is 6.87. The van der Waals surface area contributed by atoms with Crippen molar-refractivity contribution in [2.75, 3.05) is 0 Å². The van der Waals surface area contributed by atoms with Crippen LogP contribution in [0.15, 0.2) is 36.9 Å². The Morgan fingerprint density at radius 1 is 1.32 bits per heavy atom. The molecule has 0 amide bonds. The molecule has 0 saturated carbocycles. The van der Waals surface area contributed by atoms with Gasteiger partial charge in [-0.15, -0.1) is 11.3 Å². The lowest BCUT2D eigenvalue weighted by Crippen LogP contribution is -2.12. The van der Waals surface area contributed by atoms with Crippen LogP contribution in [0.1, 0.15) is 28.3 Å². The van der Waals surface area contributed by atoms with Gasteiger partial charge in [0, 0.05) is 40.2 Å². The summed E-state index contributed by atoms with van der Waals surface area (Å²) in [7, 11) is 0. The predicted molar refractivity (Wildman–Crippen MR) is 77.3 cm³/mol. The average Bonchev–Trinajstić information content (AvgIpc) is 3.04. The van der Waals surface area contributed by atoms with Gasteiger partial charge in [0.05, 0.1) is 17.9 Å². The quantitative estimate of drug-likeness (QED) is 0.794. The van der Waals surface area contributed by atoms with Crippen molar-refractivity contribution in [3.63, 3.8) is 0 Å². The summed E-state index contributed by atoms with van der Waals surface area (Å²) in [5.74, 6) is 0. The topological polar surface area (TPSA) is 56.2 Å². The molecule has 0 aliphatic carbocycles. The number of hydrogen-bond acceptors (Lipinski definition) is 4. The second-order valence-electron chi connectivity index (χ2n) is 4.54. The van der Waals surface area contributed by atoms with Gasteiger partial charge in [-0.05, 0) is 18.6 Å². The molecule has 0 bridgehead atoms. The Kier molecular flexibility index (Phi) is 3.31. The maximum absolute atomic E-state index is 6.31. The van der Waals surface area contributed by atoms with Crippen molar-refractivity contribution in [3.05, 3.63) is 52.2 Å². The highest BCUT2D eigenvalue weighted by Crippen LogP contribution is 2.24. The molecule has 98 valence electrons. The van der Waals surface area contributed by atoms with Crippen molar-refractivity contribution >= 4 is 16.9 Å². The third kappa shape index (κ3) is 2.39. The summed E-state index contributed by atoms with van der Waals surface area (Å²) >= 11 is 1.84. The Balaban J connectivity index is 1.85. The summed E-state index contributed by atoms with van der Waals surface area (Å²) in [6.45, 7) is 2.17. The van der Waals surface area contributed by atoms with Gasteiger partial charge in [-0.25, -0.2) is 4.52 Å².